The van der Waals surface area contributed by atoms with Crippen molar-refractivity contribution in [2.24, 2.45) is 0 Å². The van der Waals surface area contributed by atoms with Crippen molar-refractivity contribution < 1.29 is 0 Å². The summed E-state index contributed by atoms with van der Waals surface area (Å²) in [6, 6.07) is 85.3. The molecular formula is C69H53N. The molecule has 0 heterocycles. The van der Waals surface area contributed by atoms with Crippen LogP contribution in [-0.4, -0.2) is 0 Å². The molecule has 11 aromatic rings. The Bertz CT molecular complexity index is 3860. The highest BCUT2D eigenvalue weighted by atomic mass is 15.1. The zero-order valence-corrected chi connectivity index (χ0v) is 40.2. The van der Waals surface area contributed by atoms with Crippen LogP contribution in [0.4, 0.5) is 17.1 Å². The molecule has 0 radical (unpaired) electrons. The molecule has 0 bridgehead atoms. The predicted octanol–water partition coefficient (Wildman–Crippen LogP) is 18.6. The molecule has 0 saturated carbocycles. The third-order valence-electron chi connectivity index (χ3n) is 16.7. The first-order chi connectivity index (χ1) is 34.2. The summed E-state index contributed by atoms with van der Waals surface area (Å²) in [5, 5.41) is 7.62. The molecule has 11 aromatic carbocycles. The summed E-state index contributed by atoms with van der Waals surface area (Å²) in [4.78, 5) is 2.59. The zero-order valence-electron chi connectivity index (χ0n) is 40.2. The van der Waals surface area contributed by atoms with E-state index < -0.39 is 5.41 Å². The molecule has 3 aliphatic carbocycles. The summed E-state index contributed by atoms with van der Waals surface area (Å²) in [7, 11) is 0. The van der Waals surface area contributed by atoms with E-state index in [0.717, 1.165) is 24.2 Å². The van der Waals surface area contributed by atoms with E-state index in [1.165, 1.54) is 116 Å². The normalized spacial score (nSPS) is 15.4. The Hall–Kier alpha value is -8.00. The highest BCUT2D eigenvalue weighted by Gasteiger charge is 2.52. The molecule has 3 aliphatic rings. The standard InChI is InChI=1S/C69H53N/c1-67(2)39-40-68(3,4)66-56(28-18-32-63(66)67)59-42-58-55-27-14-17-31-62(55)69(60-29-15-12-25-53(60)54-26-13-16-30-61(54)69)64(58)43-65(59)70(46-35-33-45(34-36-46)44-19-6-5-7-20-44)47-37-38-52-50-23-9-8-21-48(50)49-22-10-11-24-51(49)57(52)41-47/h5-38,41-43H,39-40H2,1-4H3. The SMILES string of the molecule is CC1(C)CCC(C)(C)c2c(-c3cc4c(cc3N(c3ccc(-c5ccccc5)cc3)c3ccc5c6ccccc6c6ccccc6c5c3)C3(c5ccccc5-c5ccccc53)c3ccccc3-4)cccc21. The number of hydrogen-bond acceptors (Lipinski definition) is 1. The Labute approximate surface area is 411 Å². The van der Waals surface area contributed by atoms with Gasteiger partial charge in [0.25, 0.3) is 0 Å². The lowest BCUT2D eigenvalue weighted by Crippen LogP contribution is -2.34. The van der Waals surface area contributed by atoms with Gasteiger partial charge in [-0.15, -0.1) is 0 Å². The second kappa shape index (κ2) is 15.0. The van der Waals surface area contributed by atoms with Crippen LogP contribution in [0.15, 0.2) is 224 Å². The molecule has 1 heteroatoms. The molecule has 1 spiro atoms. The minimum atomic E-state index is -0.509. The Balaban J connectivity index is 1.13. The molecule has 0 fully saturated rings. The Morgan fingerprint density at radius 1 is 0.300 bits per heavy atom. The van der Waals surface area contributed by atoms with E-state index in [1.807, 2.05) is 0 Å². The molecule has 14 rings (SSSR count). The molecule has 0 unspecified atom stereocenters. The molecule has 0 saturated heterocycles. The van der Waals surface area contributed by atoms with Gasteiger partial charge in [-0.25, -0.2) is 0 Å². The maximum Gasteiger partial charge on any atom is 0.0726 e. The number of hydrogen-bond donors (Lipinski definition) is 0. The summed E-state index contributed by atoms with van der Waals surface area (Å²) in [5.74, 6) is 0. The van der Waals surface area contributed by atoms with Crippen LogP contribution in [0.3, 0.4) is 0 Å². The van der Waals surface area contributed by atoms with E-state index in [9.17, 15) is 0 Å². The number of anilines is 3. The van der Waals surface area contributed by atoms with Gasteiger partial charge in [-0.3, -0.25) is 0 Å². The largest absolute Gasteiger partial charge is 0.310 e. The maximum atomic E-state index is 2.62. The van der Waals surface area contributed by atoms with E-state index in [1.54, 1.807) is 0 Å². The summed E-state index contributed by atoms with van der Waals surface area (Å²) in [6.07, 6.45) is 2.28. The van der Waals surface area contributed by atoms with Crippen LogP contribution in [0.1, 0.15) is 73.9 Å². The fourth-order valence-corrected chi connectivity index (χ4v) is 13.4. The Morgan fingerprint density at radius 2 is 0.757 bits per heavy atom. The zero-order chi connectivity index (χ0) is 46.9. The van der Waals surface area contributed by atoms with Crippen LogP contribution < -0.4 is 4.90 Å². The van der Waals surface area contributed by atoms with Crippen molar-refractivity contribution in [2.45, 2.75) is 56.8 Å². The van der Waals surface area contributed by atoms with Gasteiger partial charge in [0.1, 0.15) is 0 Å². The second-order valence-electron chi connectivity index (χ2n) is 21.4. The lowest BCUT2D eigenvalue weighted by atomic mass is 9.61. The molecule has 0 aliphatic heterocycles. The fraction of sp³-hybridized carbons (Fsp3) is 0.130. The van der Waals surface area contributed by atoms with Crippen molar-refractivity contribution in [2.75, 3.05) is 4.90 Å². The molecule has 0 atom stereocenters. The lowest BCUT2D eigenvalue weighted by molar-refractivity contribution is 0.333. The Kier molecular flexibility index (Phi) is 8.79. The molecular weight excluding hydrogens is 843 g/mol. The third-order valence-corrected chi connectivity index (χ3v) is 16.7. The highest BCUT2D eigenvalue weighted by Crippen LogP contribution is 2.65. The van der Waals surface area contributed by atoms with Gasteiger partial charge < -0.3 is 4.90 Å². The van der Waals surface area contributed by atoms with E-state index in [4.69, 9.17) is 0 Å². The van der Waals surface area contributed by atoms with Gasteiger partial charge in [-0.05, 0) is 165 Å². The molecule has 334 valence electrons. The first kappa shape index (κ1) is 41.0. The second-order valence-corrected chi connectivity index (χ2v) is 21.4. The van der Waals surface area contributed by atoms with Crippen LogP contribution >= 0.6 is 0 Å². The van der Waals surface area contributed by atoms with Crippen molar-refractivity contribution >= 4 is 49.4 Å². The third kappa shape index (κ3) is 5.73. The monoisotopic (exact) mass is 895 g/mol. The Morgan fingerprint density at radius 3 is 1.37 bits per heavy atom. The van der Waals surface area contributed by atoms with Crippen LogP contribution in [0.25, 0.3) is 76.8 Å². The highest BCUT2D eigenvalue weighted by molar-refractivity contribution is 6.26. The van der Waals surface area contributed by atoms with Crippen LogP contribution in [0, 0.1) is 0 Å². The number of rotatable bonds is 5. The van der Waals surface area contributed by atoms with Crippen LogP contribution in [0.2, 0.25) is 0 Å². The fourth-order valence-electron chi connectivity index (χ4n) is 13.4. The van der Waals surface area contributed by atoms with Gasteiger partial charge in [0.15, 0.2) is 0 Å². The van der Waals surface area contributed by atoms with Crippen molar-refractivity contribution in [1.82, 2.24) is 0 Å². The van der Waals surface area contributed by atoms with E-state index in [0.29, 0.717) is 0 Å². The first-order valence-electron chi connectivity index (χ1n) is 25.1. The van der Waals surface area contributed by atoms with E-state index in [-0.39, 0.29) is 10.8 Å². The molecule has 1 nitrogen and oxygen atoms in total. The minimum absolute atomic E-state index is 0.0364. The molecule has 70 heavy (non-hydrogen) atoms. The molecule has 0 amide bonds. The van der Waals surface area contributed by atoms with Gasteiger partial charge in [0.05, 0.1) is 11.1 Å². The average Bonchev–Trinajstić information content (AvgIpc) is 3.87. The molecule has 0 aromatic heterocycles. The van der Waals surface area contributed by atoms with Gasteiger partial charge in [-0.1, -0.05) is 216 Å². The van der Waals surface area contributed by atoms with Crippen molar-refractivity contribution in [3.8, 4) is 44.5 Å². The number of fused-ring (bicyclic) bond motifs is 17. The summed E-state index contributed by atoms with van der Waals surface area (Å²) in [5.41, 5.74) is 21.5. The van der Waals surface area contributed by atoms with Crippen LogP contribution in [-0.2, 0) is 16.2 Å². The lowest BCUT2D eigenvalue weighted by Gasteiger charge is -2.43. The summed E-state index contributed by atoms with van der Waals surface area (Å²) >= 11 is 0. The minimum Gasteiger partial charge on any atom is -0.310 e. The molecule has 0 N–H and O–H groups in total. The van der Waals surface area contributed by atoms with Crippen LogP contribution in [0.5, 0.6) is 0 Å². The van der Waals surface area contributed by atoms with Gasteiger partial charge >= 0.3 is 0 Å². The average molecular weight is 896 g/mol. The summed E-state index contributed by atoms with van der Waals surface area (Å²) < 4.78 is 0. The smallest absolute Gasteiger partial charge is 0.0726 e. The van der Waals surface area contributed by atoms with Gasteiger partial charge in [-0.2, -0.15) is 0 Å². The van der Waals surface area contributed by atoms with Crippen molar-refractivity contribution in [3.63, 3.8) is 0 Å². The maximum absolute atomic E-state index is 2.62. The van der Waals surface area contributed by atoms with E-state index >= 15 is 0 Å². The van der Waals surface area contributed by atoms with Gasteiger partial charge in [0.2, 0.25) is 0 Å². The van der Waals surface area contributed by atoms with Crippen molar-refractivity contribution in [1.29, 1.82) is 0 Å². The van der Waals surface area contributed by atoms with Gasteiger partial charge in [0, 0.05) is 16.9 Å². The van der Waals surface area contributed by atoms with Crippen molar-refractivity contribution in [3.05, 3.63) is 258 Å². The number of benzene rings is 11. The summed E-state index contributed by atoms with van der Waals surface area (Å²) in [6.45, 7) is 9.86. The predicted molar refractivity (Wildman–Crippen MR) is 296 cm³/mol. The topological polar surface area (TPSA) is 3.24 Å². The number of nitrogens with zero attached hydrogens (tertiary/aromatic N) is 1. The first-order valence-corrected chi connectivity index (χ1v) is 25.1. The quantitative estimate of drug-likeness (QED) is 0.156. The van der Waals surface area contributed by atoms with E-state index in [2.05, 4.69) is 257 Å².